The highest BCUT2D eigenvalue weighted by Gasteiger charge is 2.00. The molecule has 0 aliphatic carbocycles. The second-order valence-corrected chi connectivity index (χ2v) is 3.40. The summed E-state index contributed by atoms with van der Waals surface area (Å²) >= 11 is 0. The number of anilines is 1. The zero-order valence-electron chi connectivity index (χ0n) is 9.42. The minimum atomic E-state index is 0.0231. The number of hydrogen-bond acceptors (Lipinski definition) is 5. The molecule has 1 aromatic heterocycles. The summed E-state index contributed by atoms with van der Waals surface area (Å²) < 4.78 is 5.53. The van der Waals surface area contributed by atoms with E-state index in [1.54, 1.807) is 43.7 Å². The molecule has 17 heavy (non-hydrogen) atoms. The molecule has 0 unspecified atom stereocenters. The zero-order valence-corrected chi connectivity index (χ0v) is 9.42. The summed E-state index contributed by atoms with van der Waals surface area (Å²) in [5, 5.41) is 11.8. The molecule has 5 nitrogen and oxygen atoms in total. The van der Waals surface area contributed by atoms with Gasteiger partial charge in [-0.1, -0.05) is 12.1 Å². The number of hydrogen-bond donors (Lipinski definition) is 2. The van der Waals surface area contributed by atoms with Crippen LogP contribution in [0.15, 0.2) is 36.7 Å². The van der Waals surface area contributed by atoms with Crippen LogP contribution in [0.3, 0.4) is 0 Å². The van der Waals surface area contributed by atoms with E-state index in [9.17, 15) is 0 Å². The Kier molecular flexibility index (Phi) is 3.52. The van der Waals surface area contributed by atoms with E-state index in [0.29, 0.717) is 17.4 Å². The Balaban J connectivity index is 2.13. The van der Waals surface area contributed by atoms with Crippen molar-refractivity contribution >= 4 is 5.82 Å². The predicted molar refractivity (Wildman–Crippen MR) is 64.0 cm³/mol. The molecule has 0 spiro atoms. The third-order valence-corrected chi connectivity index (χ3v) is 2.20. The van der Waals surface area contributed by atoms with Gasteiger partial charge in [-0.25, -0.2) is 0 Å². The SMILES string of the molecule is CNc1cncc(Oc2ccc(CO)cc2)n1. The third kappa shape index (κ3) is 2.92. The summed E-state index contributed by atoms with van der Waals surface area (Å²) in [5.41, 5.74) is 0.840. The second kappa shape index (κ2) is 5.27. The molecule has 2 N–H and O–H groups in total. The molecule has 1 aromatic carbocycles. The molecule has 0 aliphatic heterocycles. The lowest BCUT2D eigenvalue weighted by atomic mass is 10.2. The van der Waals surface area contributed by atoms with Crippen molar-refractivity contribution in [3.63, 3.8) is 0 Å². The molecule has 0 saturated carbocycles. The Morgan fingerprint density at radius 3 is 2.65 bits per heavy atom. The standard InChI is InChI=1S/C12H13N3O2/c1-13-11-6-14-7-12(15-11)17-10-4-2-9(8-16)3-5-10/h2-7,16H,8H2,1H3,(H,13,15). The molecule has 1 heterocycles. The molecule has 0 bridgehead atoms. The number of nitrogens with zero attached hydrogens (tertiary/aromatic N) is 2. The molecule has 0 amide bonds. The zero-order chi connectivity index (χ0) is 12.1. The second-order valence-electron chi connectivity index (χ2n) is 3.40. The van der Waals surface area contributed by atoms with E-state index in [-0.39, 0.29) is 6.61 Å². The highest BCUT2D eigenvalue weighted by molar-refractivity contribution is 5.34. The lowest BCUT2D eigenvalue weighted by molar-refractivity contribution is 0.281. The molecule has 5 heteroatoms. The number of rotatable bonds is 4. The van der Waals surface area contributed by atoms with Crippen LogP contribution < -0.4 is 10.1 Å². The van der Waals surface area contributed by atoms with Crippen molar-refractivity contribution < 1.29 is 9.84 Å². The van der Waals surface area contributed by atoms with Crippen LogP contribution in [0, 0.1) is 0 Å². The Morgan fingerprint density at radius 2 is 2.00 bits per heavy atom. The molecule has 2 rings (SSSR count). The molecule has 0 aliphatic rings. The van der Waals surface area contributed by atoms with Gasteiger partial charge in [0, 0.05) is 7.05 Å². The molecule has 0 atom stereocenters. The van der Waals surface area contributed by atoms with Gasteiger partial charge in [-0.3, -0.25) is 4.98 Å². The van der Waals surface area contributed by atoms with E-state index in [2.05, 4.69) is 15.3 Å². The van der Waals surface area contributed by atoms with Gasteiger partial charge >= 0.3 is 0 Å². The van der Waals surface area contributed by atoms with E-state index in [4.69, 9.17) is 9.84 Å². The summed E-state index contributed by atoms with van der Waals surface area (Å²) in [6.45, 7) is 0.0231. The van der Waals surface area contributed by atoms with Crippen LogP contribution >= 0.6 is 0 Å². The van der Waals surface area contributed by atoms with Gasteiger partial charge in [0.05, 0.1) is 19.0 Å². The fourth-order valence-electron chi connectivity index (χ4n) is 1.30. The van der Waals surface area contributed by atoms with Crippen LogP contribution in [-0.4, -0.2) is 22.1 Å². The fourth-order valence-corrected chi connectivity index (χ4v) is 1.30. The van der Waals surface area contributed by atoms with Crippen LogP contribution in [0.25, 0.3) is 0 Å². The quantitative estimate of drug-likeness (QED) is 0.839. The third-order valence-electron chi connectivity index (χ3n) is 2.20. The minimum absolute atomic E-state index is 0.0231. The van der Waals surface area contributed by atoms with Gasteiger partial charge in [-0.2, -0.15) is 4.98 Å². The fraction of sp³-hybridized carbons (Fsp3) is 0.167. The van der Waals surface area contributed by atoms with Crippen LogP contribution in [0.4, 0.5) is 5.82 Å². The van der Waals surface area contributed by atoms with Crippen molar-refractivity contribution in [2.24, 2.45) is 0 Å². The number of aliphatic hydroxyl groups excluding tert-OH is 1. The summed E-state index contributed by atoms with van der Waals surface area (Å²) in [5.74, 6) is 1.73. The van der Waals surface area contributed by atoms with E-state index >= 15 is 0 Å². The van der Waals surface area contributed by atoms with Gasteiger partial charge in [0.2, 0.25) is 5.88 Å². The Bertz CT molecular complexity index is 485. The lowest BCUT2D eigenvalue weighted by Gasteiger charge is -2.06. The molecular weight excluding hydrogens is 218 g/mol. The minimum Gasteiger partial charge on any atom is -0.437 e. The monoisotopic (exact) mass is 231 g/mol. The summed E-state index contributed by atoms with van der Waals surface area (Å²) in [6, 6.07) is 7.15. The van der Waals surface area contributed by atoms with Crippen LogP contribution in [0.5, 0.6) is 11.6 Å². The van der Waals surface area contributed by atoms with Crippen molar-refractivity contribution in [2.45, 2.75) is 6.61 Å². The van der Waals surface area contributed by atoms with E-state index in [1.165, 1.54) is 0 Å². The highest BCUT2D eigenvalue weighted by Crippen LogP contribution is 2.20. The lowest BCUT2D eigenvalue weighted by Crippen LogP contribution is -1.95. The summed E-state index contributed by atoms with van der Waals surface area (Å²) in [6.07, 6.45) is 3.16. The first-order chi connectivity index (χ1) is 8.31. The van der Waals surface area contributed by atoms with Crippen molar-refractivity contribution in [3.8, 4) is 11.6 Å². The molecule has 0 radical (unpaired) electrons. The van der Waals surface area contributed by atoms with Gasteiger partial charge in [0.1, 0.15) is 11.6 Å². The van der Waals surface area contributed by atoms with Gasteiger partial charge in [0.15, 0.2) is 0 Å². The Hall–Kier alpha value is -2.14. The molecule has 0 saturated heterocycles. The normalized spacial score (nSPS) is 10.0. The number of ether oxygens (including phenoxy) is 1. The highest BCUT2D eigenvalue weighted by atomic mass is 16.5. The Labute approximate surface area is 99.1 Å². The average molecular weight is 231 g/mol. The van der Waals surface area contributed by atoms with Crippen LogP contribution in [-0.2, 0) is 6.61 Å². The maximum absolute atomic E-state index is 8.92. The molecule has 88 valence electrons. The number of aromatic nitrogens is 2. The van der Waals surface area contributed by atoms with E-state index in [1.807, 2.05) is 0 Å². The summed E-state index contributed by atoms with van der Waals surface area (Å²) in [4.78, 5) is 8.18. The first kappa shape index (κ1) is 11.3. The maximum Gasteiger partial charge on any atom is 0.239 e. The van der Waals surface area contributed by atoms with Gasteiger partial charge in [-0.05, 0) is 17.7 Å². The number of benzene rings is 1. The molecule has 2 aromatic rings. The van der Waals surface area contributed by atoms with E-state index in [0.717, 1.165) is 5.56 Å². The van der Waals surface area contributed by atoms with Crippen molar-refractivity contribution in [2.75, 3.05) is 12.4 Å². The molecular formula is C12H13N3O2. The van der Waals surface area contributed by atoms with Gasteiger partial charge in [-0.15, -0.1) is 0 Å². The largest absolute Gasteiger partial charge is 0.437 e. The predicted octanol–water partition coefficient (Wildman–Crippen LogP) is 1.80. The first-order valence-electron chi connectivity index (χ1n) is 5.19. The van der Waals surface area contributed by atoms with Crippen molar-refractivity contribution in [1.29, 1.82) is 0 Å². The van der Waals surface area contributed by atoms with E-state index < -0.39 is 0 Å². The number of aliphatic hydroxyl groups is 1. The van der Waals surface area contributed by atoms with Crippen molar-refractivity contribution in [3.05, 3.63) is 42.2 Å². The average Bonchev–Trinajstić information content (AvgIpc) is 2.40. The van der Waals surface area contributed by atoms with Crippen LogP contribution in [0.2, 0.25) is 0 Å². The molecule has 0 fully saturated rings. The summed E-state index contributed by atoms with van der Waals surface area (Å²) in [7, 11) is 1.77. The first-order valence-corrected chi connectivity index (χ1v) is 5.19. The number of nitrogens with one attached hydrogen (secondary N) is 1. The topological polar surface area (TPSA) is 67.3 Å². The van der Waals surface area contributed by atoms with Gasteiger partial charge in [0.25, 0.3) is 0 Å². The Morgan fingerprint density at radius 1 is 1.24 bits per heavy atom. The maximum atomic E-state index is 8.92. The van der Waals surface area contributed by atoms with Crippen molar-refractivity contribution in [1.82, 2.24) is 9.97 Å². The smallest absolute Gasteiger partial charge is 0.239 e. The van der Waals surface area contributed by atoms with Gasteiger partial charge < -0.3 is 15.2 Å². The van der Waals surface area contributed by atoms with Crippen LogP contribution in [0.1, 0.15) is 5.56 Å².